The molecule has 2 aromatic carbocycles. The SMILES string of the molecule is COC(=O)N[C@H]1CCC[C@@H]1[C@](CN1CCC1)(c1cccc(F)c1)C1CCN(CC2(F)CN(c3ccc(S(=O)(=O)C4CN(C(=O)/C=C/CN(C)C)C4)cc3)C2)CC1. The minimum atomic E-state index is -3.60. The van der Waals surface area contributed by atoms with Crippen LogP contribution in [0.5, 0.6) is 0 Å². The van der Waals surface area contributed by atoms with Crippen LogP contribution < -0.4 is 10.2 Å². The summed E-state index contributed by atoms with van der Waals surface area (Å²) in [6.07, 6.45) is 8.43. The van der Waals surface area contributed by atoms with E-state index >= 15 is 8.78 Å². The van der Waals surface area contributed by atoms with E-state index in [-0.39, 0.29) is 66.1 Å². The minimum absolute atomic E-state index is 0.0748. The Bertz CT molecular complexity index is 1840. The summed E-state index contributed by atoms with van der Waals surface area (Å²) in [6.45, 7) is 6.03. The molecule has 4 heterocycles. The summed E-state index contributed by atoms with van der Waals surface area (Å²) in [5.41, 5.74) is 0.00847. The van der Waals surface area contributed by atoms with Crippen LogP contribution in [0, 0.1) is 17.7 Å². The molecule has 1 aliphatic carbocycles. The Morgan fingerprint density at radius 1 is 0.982 bits per heavy atom. The number of sulfone groups is 1. The molecule has 2 aromatic rings. The Morgan fingerprint density at radius 3 is 2.32 bits per heavy atom. The zero-order valence-corrected chi connectivity index (χ0v) is 33.9. The number of carbonyl (C=O) groups excluding carboxylic acids is 2. The van der Waals surface area contributed by atoms with Crippen LogP contribution in [0.15, 0.2) is 65.6 Å². The van der Waals surface area contributed by atoms with Crippen LogP contribution in [-0.4, -0.2) is 150 Å². The number of halogens is 2. The number of carbonyl (C=O) groups is 2. The van der Waals surface area contributed by atoms with Gasteiger partial charge in [-0.05, 0) is 126 Å². The van der Waals surface area contributed by atoms with Crippen molar-refractivity contribution in [2.75, 3.05) is 98.1 Å². The number of nitrogens with zero attached hydrogens (tertiary/aromatic N) is 5. The molecule has 14 heteroatoms. The second-order valence-electron chi connectivity index (χ2n) is 17.1. The predicted octanol–water partition coefficient (Wildman–Crippen LogP) is 4.34. The third-order valence-electron chi connectivity index (χ3n) is 13.1. The summed E-state index contributed by atoms with van der Waals surface area (Å²) in [6, 6.07) is 13.7. The molecule has 306 valence electrons. The molecule has 0 radical (unpaired) electrons. The number of alkyl carbamates (subject to hydrolysis) is 1. The molecular weight excluding hydrogens is 739 g/mol. The smallest absolute Gasteiger partial charge is 0.407 e. The van der Waals surface area contributed by atoms with Crippen molar-refractivity contribution >= 4 is 27.5 Å². The van der Waals surface area contributed by atoms with Crippen LogP contribution in [0.4, 0.5) is 19.3 Å². The van der Waals surface area contributed by atoms with Crippen molar-refractivity contribution in [1.82, 2.24) is 24.9 Å². The number of amides is 2. The van der Waals surface area contributed by atoms with Gasteiger partial charge in [-0.15, -0.1) is 0 Å². The van der Waals surface area contributed by atoms with Crippen LogP contribution in [0.1, 0.15) is 44.1 Å². The van der Waals surface area contributed by atoms with Crippen molar-refractivity contribution in [3.8, 4) is 0 Å². The lowest BCUT2D eigenvalue weighted by Crippen LogP contribution is -2.65. The van der Waals surface area contributed by atoms with E-state index in [2.05, 4.69) is 21.2 Å². The molecule has 1 N–H and O–H groups in total. The quantitative estimate of drug-likeness (QED) is 0.280. The molecule has 0 aromatic heterocycles. The normalized spacial score (nSPS) is 24.8. The van der Waals surface area contributed by atoms with Gasteiger partial charge in [0.15, 0.2) is 15.5 Å². The number of hydrogen-bond donors (Lipinski definition) is 1. The van der Waals surface area contributed by atoms with Gasteiger partial charge in [0.2, 0.25) is 5.91 Å². The first kappa shape index (κ1) is 40.6. The predicted molar refractivity (Wildman–Crippen MR) is 213 cm³/mol. The Labute approximate surface area is 330 Å². The summed E-state index contributed by atoms with van der Waals surface area (Å²) in [7, 11) is 1.60. The average molecular weight is 797 g/mol. The van der Waals surface area contributed by atoms with E-state index in [0.717, 1.165) is 82.5 Å². The van der Waals surface area contributed by atoms with Gasteiger partial charge in [0.1, 0.15) is 11.1 Å². The second kappa shape index (κ2) is 16.7. The number of hydrogen-bond acceptors (Lipinski definition) is 9. The molecule has 7 rings (SSSR count). The fourth-order valence-corrected chi connectivity index (χ4v) is 11.6. The second-order valence-corrected chi connectivity index (χ2v) is 19.3. The summed E-state index contributed by atoms with van der Waals surface area (Å²) >= 11 is 0. The first-order valence-electron chi connectivity index (χ1n) is 20.2. The van der Waals surface area contributed by atoms with Gasteiger partial charge < -0.3 is 29.7 Å². The van der Waals surface area contributed by atoms with Gasteiger partial charge >= 0.3 is 6.09 Å². The van der Waals surface area contributed by atoms with Gasteiger partial charge in [0.05, 0.1) is 25.1 Å². The number of benzene rings is 2. The maximum atomic E-state index is 16.3. The molecule has 2 amide bonds. The van der Waals surface area contributed by atoms with Gasteiger partial charge in [-0.25, -0.2) is 22.0 Å². The number of likely N-dealkylation sites (tertiary alicyclic amines) is 3. The van der Waals surface area contributed by atoms with Gasteiger partial charge in [-0.3, -0.25) is 9.69 Å². The summed E-state index contributed by atoms with van der Waals surface area (Å²) in [5, 5.41) is 2.50. The molecule has 0 spiro atoms. The van der Waals surface area contributed by atoms with Crippen molar-refractivity contribution in [3.63, 3.8) is 0 Å². The number of nitrogens with one attached hydrogen (secondary N) is 1. The lowest BCUT2D eigenvalue weighted by atomic mass is 9.57. The Kier molecular flexibility index (Phi) is 12.1. The maximum absolute atomic E-state index is 16.3. The van der Waals surface area contributed by atoms with Gasteiger partial charge in [0, 0.05) is 55.9 Å². The number of alkyl halides is 1. The third kappa shape index (κ3) is 8.49. The highest BCUT2D eigenvalue weighted by molar-refractivity contribution is 7.92. The number of methoxy groups -OCH3 is 1. The number of piperidine rings is 1. The summed E-state index contributed by atoms with van der Waals surface area (Å²) in [5.74, 6) is -0.0987. The zero-order chi connectivity index (χ0) is 39.7. The van der Waals surface area contributed by atoms with Gasteiger partial charge in [-0.1, -0.05) is 24.6 Å². The molecule has 56 heavy (non-hydrogen) atoms. The van der Waals surface area contributed by atoms with Crippen molar-refractivity contribution < 1.29 is 31.5 Å². The lowest BCUT2D eigenvalue weighted by molar-refractivity contribution is -0.129. The fourth-order valence-electron chi connectivity index (χ4n) is 9.99. The van der Waals surface area contributed by atoms with E-state index in [1.54, 1.807) is 36.4 Å². The number of ether oxygens (including phenoxy) is 1. The largest absolute Gasteiger partial charge is 0.453 e. The van der Waals surface area contributed by atoms with Crippen LogP contribution in [-0.2, 0) is 24.8 Å². The van der Waals surface area contributed by atoms with E-state index < -0.39 is 26.8 Å². The average Bonchev–Trinajstić information content (AvgIpc) is 3.58. The standard InChI is InChI=1S/C42H58F2N6O5S/c1-46(2)19-6-12-39(51)49-25-36(26-49)56(53,54)35-15-13-34(14-16-35)50-28-41(44,29-50)27-48-22-17-31(18-23-48)42(30-47-20-7-21-47,32-8-4-9-33(43)24-32)37-10-5-11-38(37)45-40(52)55-3/h4,6,8-9,12-16,24,31,36-38H,5,7,10-11,17-23,25-30H2,1-3H3,(H,45,52)/b12-6+/t37-,38-,42-/m0/s1. The molecule has 0 bridgehead atoms. The highest BCUT2D eigenvalue weighted by Crippen LogP contribution is 2.51. The monoisotopic (exact) mass is 796 g/mol. The van der Waals surface area contributed by atoms with E-state index in [4.69, 9.17) is 4.74 Å². The molecule has 3 atom stereocenters. The molecule has 5 fully saturated rings. The zero-order valence-electron chi connectivity index (χ0n) is 33.0. The van der Waals surface area contributed by atoms with Crippen molar-refractivity contribution in [3.05, 3.63) is 72.1 Å². The Hall–Kier alpha value is -3.59. The van der Waals surface area contributed by atoms with E-state index in [1.807, 2.05) is 30.0 Å². The minimum Gasteiger partial charge on any atom is -0.453 e. The molecule has 5 aliphatic rings. The van der Waals surface area contributed by atoms with Crippen molar-refractivity contribution in [2.45, 2.75) is 65.8 Å². The van der Waals surface area contributed by atoms with Crippen molar-refractivity contribution in [2.24, 2.45) is 11.8 Å². The molecule has 0 unspecified atom stereocenters. The first-order valence-corrected chi connectivity index (χ1v) is 21.8. The topological polar surface area (TPSA) is 106 Å². The number of anilines is 1. The molecule has 4 saturated heterocycles. The highest BCUT2D eigenvalue weighted by atomic mass is 32.2. The fraction of sp³-hybridized carbons (Fsp3) is 0.619. The Morgan fingerprint density at radius 2 is 1.70 bits per heavy atom. The molecular formula is C42H58F2N6O5S. The summed E-state index contributed by atoms with van der Waals surface area (Å²) in [4.78, 5) is 35.2. The Balaban J connectivity index is 0.964. The maximum Gasteiger partial charge on any atom is 0.407 e. The van der Waals surface area contributed by atoms with E-state index in [1.165, 1.54) is 24.2 Å². The van der Waals surface area contributed by atoms with Crippen LogP contribution in [0.2, 0.25) is 0 Å². The number of rotatable bonds is 14. The summed E-state index contributed by atoms with van der Waals surface area (Å²) < 4.78 is 62.9. The van der Waals surface area contributed by atoms with Crippen LogP contribution >= 0.6 is 0 Å². The first-order chi connectivity index (χ1) is 26.8. The van der Waals surface area contributed by atoms with Gasteiger partial charge in [-0.2, -0.15) is 0 Å². The lowest BCUT2D eigenvalue weighted by Gasteiger charge is -2.54. The molecule has 11 nitrogen and oxygen atoms in total. The van der Waals surface area contributed by atoms with E-state index in [0.29, 0.717) is 13.1 Å². The number of likely N-dealkylation sites (N-methyl/N-ethyl adjacent to an activating group) is 1. The molecule has 4 aliphatic heterocycles. The van der Waals surface area contributed by atoms with Crippen molar-refractivity contribution in [1.29, 1.82) is 0 Å². The highest BCUT2D eigenvalue weighted by Gasteiger charge is 2.54. The molecule has 1 saturated carbocycles. The van der Waals surface area contributed by atoms with Gasteiger partial charge in [0.25, 0.3) is 0 Å². The van der Waals surface area contributed by atoms with Crippen LogP contribution in [0.25, 0.3) is 0 Å². The van der Waals surface area contributed by atoms with Crippen LogP contribution in [0.3, 0.4) is 0 Å². The third-order valence-corrected chi connectivity index (χ3v) is 15.2. The van der Waals surface area contributed by atoms with E-state index in [9.17, 15) is 18.0 Å².